The van der Waals surface area contributed by atoms with Crippen molar-refractivity contribution in [1.29, 1.82) is 5.26 Å². The molecule has 0 unspecified atom stereocenters. The smallest absolute Gasteiger partial charge is 0.0991 e. The molecule has 0 aliphatic carbocycles. The van der Waals surface area contributed by atoms with Gasteiger partial charge in [0.05, 0.1) is 11.6 Å². The molecule has 0 atom stereocenters. The Bertz CT molecular complexity index is 578. The zero-order valence-electron chi connectivity index (χ0n) is 12.1. The van der Waals surface area contributed by atoms with Gasteiger partial charge in [-0.15, -0.1) is 0 Å². The molecule has 1 heteroatoms. The largest absolute Gasteiger partial charge is 0.192 e. The molecular weight excluding hydrogens is 242 g/mol. The van der Waals surface area contributed by atoms with Gasteiger partial charge in [-0.1, -0.05) is 62.6 Å². The molecule has 0 saturated carbocycles. The first-order chi connectivity index (χ1) is 9.85. The molecule has 0 N–H and O–H groups in total. The summed E-state index contributed by atoms with van der Waals surface area (Å²) in [7, 11) is 0. The van der Waals surface area contributed by atoms with E-state index in [2.05, 4.69) is 43.3 Å². The number of unbranched alkanes of at least 4 members (excludes halogenated alkanes) is 3. The summed E-state index contributed by atoms with van der Waals surface area (Å²) >= 11 is 0. The summed E-state index contributed by atoms with van der Waals surface area (Å²) in [6, 6.07) is 18.7. The lowest BCUT2D eigenvalue weighted by Gasteiger charge is -2.10. The summed E-state index contributed by atoms with van der Waals surface area (Å²) in [4.78, 5) is 0. The Balaban J connectivity index is 2.24. The van der Waals surface area contributed by atoms with Crippen molar-refractivity contribution in [2.75, 3.05) is 0 Å². The molecule has 0 spiro atoms. The first kappa shape index (κ1) is 14.3. The van der Waals surface area contributed by atoms with E-state index in [9.17, 15) is 0 Å². The zero-order chi connectivity index (χ0) is 14.2. The molecular formula is C19H21N. The predicted octanol–water partition coefficient (Wildman–Crippen LogP) is 5.35. The normalized spacial score (nSPS) is 10.2. The molecule has 0 aromatic heterocycles. The van der Waals surface area contributed by atoms with Crippen LogP contribution in [0.5, 0.6) is 0 Å². The number of aryl methyl sites for hydroxylation is 1. The maximum Gasteiger partial charge on any atom is 0.0991 e. The molecule has 1 nitrogen and oxygen atoms in total. The molecule has 0 saturated heterocycles. The van der Waals surface area contributed by atoms with Crippen LogP contribution in [0.15, 0.2) is 48.5 Å². The minimum atomic E-state index is 0.759. The van der Waals surface area contributed by atoms with E-state index in [0.717, 1.165) is 12.0 Å². The first-order valence-corrected chi connectivity index (χ1v) is 7.43. The fourth-order valence-electron chi connectivity index (χ4n) is 2.51. The number of hydrogen-bond donors (Lipinski definition) is 0. The van der Waals surface area contributed by atoms with Gasteiger partial charge < -0.3 is 0 Å². The Morgan fingerprint density at radius 3 is 2.45 bits per heavy atom. The van der Waals surface area contributed by atoms with Crippen molar-refractivity contribution in [3.05, 3.63) is 59.7 Å². The van der Waals surface area contributed by atoms with Crippen molar-refractivity contribution in [2.24, 2.45) is 0 Å². The highest BCUT2D eigenvalue weighted by atomic mass is 14.2. The summed E-state index contributed by atoms with van der Waals surface area (Å²) in [5.74, 6) is 0. The Hall–Kier alpha value is -2.07. The number of benzene rings is 2. The highest BCUT2D eigenvalue weighted by Gasteiger charge is 2.06. The molecule has 2 aromatic carbocycles. The second-order valence-corrected chi connectivity index (χ2v) is 5.16. The SMILES string of the molecule is CCCCCCc1cc(C#N)ccc1-c1ccccc1. The van der Waals surface area contributed by atoms with E-state index >= 15 is 0 Å². The zero-order valence-corrected chi connectivity index (χ0v) is 12.1. The standard InChI is InChI=1S/C19H21N/c1-2-3-4-6-11-18-14-16(15-20)12-13-19(18)17-9-7-5-8-10-17/h5,7-10,12-14H,2-4,6,11H2,1H3. The average Bonchev–Trinajstić information content (AvgIpc) is 2.52. The van der Waals surface area contributed by atoms with E-state index in [1.807, 2.05) is 18.2 Å². The topological polar surface area (TPSA) is 23.8 Å². The van der Waals surface area contributed by atoms with Crippen LogP contribution in [0.1, 0.15) is 43.7 Å². The van der Waals surface area contributed by atoms with Gasteiger partial charge in [-0.3, -0.25) is 0 Å². The van der Waals surface area contributed by atoms with Crippen molar-refractivity contribution in [3.8, 4) is 17.2 Å². The summed E-state index contributed by atoms with van der Waals surface area (Å²) in [6.45, 7) is 2.23. The predicted molar refractivity (Wildman–Crippen MR) is 84.4 cm³/mol. The number of nitriles is 1. The lowest BCUT2D eigenvalue weighted by molar-refractivity contribution is 0.667. The summed E-state index contributed by atoms with van der Waals surface area (Å²) in [6.07, 6.45) is 6.06. The summed E-state index contributed by atoms with van der Waals surface area (Å²) < 4.78 is 0. The van der Waals surface area contributed by atoms with Crippen LogP contribution in [0.25, 0.3) is 11.1 Å². The molecule has 102 valence electrons. The number of nitrogens with zero attached hydrogens (tertiary/aromatic N) is 1. The third-order valence-electron chi connectivity index (χ3n) is 3.62. The van der Waals surface area contributed by atoms with Crippen LogP contribution in [0.4, 0.5) is 0 Å². The Morgan fingerprint density at radius 2 is 1.75 bits per heavy atom. The van der Waals surface area contributed by atoms with Crippen molar-refractivity contribution in [2.45, 2.75) is 39.0 Å². The van der Waals surface area contributed by atoms with E-state index in [4.69, 9.17) is 5.26 Å². The molecule has 0 aliphatic rings. The Kier molecular flexibility index (Phi) is 5.38. The van der Waals surface area contributed by atoms with Crippen LogP contribution < -0.4 is 0 Å². The second-order valence-electron chi connectivity index (χ2n) is 5.16. The highest BCUT2D eigenvalue weighted by Crippen LogP contribution is 2.26. The van der Waals surface area contributed by atoms with Gasteiger partial charge in [-0.2, -0.15) is 5.26 Å². The molecule has 0 radical (unpaired) electrons. The van der Waals surface area contributed by atoms with Crippen LogP contribution in [0, 0.1) is 11.3 Å². The third-order valence-corrected chi connectivity index (χ3v) is 3.62. The number of rotatable bonds is 6. The van der Waals surface area contributed by atoms with Gasteiger partial charge in [0.2, 0.25) is 0 Å². The maximum atomic E-state index is 9.08. The van der Waals surface area contributed by atoms with E-state index < -0.39 is 0 Å². The quantitative estimate of drug-likeness (QED) is 0.645. The monoisotopic (exact) mass is 263 g/mol. The average molecular weight is 263 g/mol. The first-order valence-electron chi connectivity index (χ1n) is 7.43. The number of hydrogen-bond acceptors (Lipinski definition) is 1. The van der Waals surface area contributed by atoms with Crippen LogP contribution in [-0.2, 0) is 6.42 Å². The third kappa shape index (κ3) is 3.71. The fraction of sp³-hybridized carbons (Fsp3) is 0.316. The van der Waals surface area contributed by atoms with Crippen molar-refractivity contribution >= 4 is 0 Å². The molecule has 2 rings (SSSR count). The summed E-state index contributed by atoms with van der Waals surface area (Å²) in [5.41, 5.74) is 4.56. The van der Waals surface area contributed by atoms with E-state index in [0.29, 0.717) is 0 Å². The van der Waals surface area contributed by atoms with Gasteiger partial charge >= 0.3 is 0 Å². The minimum absolute atomic E-state index is 0.759. The van der Waals surface area contributed by atoms with Crippen LogP contribution in [0.3, 0.4) is 0 Å². The molecule has 0 heterocycles. The lowest BCUT2D eigenvalue weighted by atomic mass is 9.94. The highest BCUT2D eigenvalue weighted by molar-refractivity contribution is 5.68. The molecule has 2 aromatic rings. The molecule has 0 amide bonds. The minimum Gasteiger partial charge on any atom is -0.192 e. The Labute approximate surface area is 121 Å². The van der Waals surface area contributed by atoms with Crippen molar-refractivity contribution in [3.63, 3.8) is 0 Å². The van der Waals surface area contributed by atoms with Crippen molar-refractivity contribution in [1.82, 2.24) is 0 Å². The molecule has 0 fully saturated rings. The van der Waals surface area contributed by atoms with Crippen LogP contribution >= 0.6 is 0 Å². The second kappa shape index (κ2) is 7.50. The van der Waals surface area contributed by atoms with Crippen molar-refractivity contribution < 1.29 is 0 Å². The van der Waals surface area contributed by atoms with Crippen LogP contribution in [0.2, 0.25) is 0 Å². The van der Waals surface area contributed by atoms with Gasteiger partial charge in [-0.05, 0) is 41.7 Å². The summed E-state index contributed by atoms with van der Waals surface area (Å²) in [5, 5.41) is 9.08. The van der Waals surface area contributed by atoms with Gasteiger partial charge in [0, 0.05) is 0 Å². The Morgan fingerprint density at radius 1 is 0.950 bits per heavy atom. The van der Waals surface area contributed by atoms with E-state index in [1.165, 1.54) is 42.4 Å². The van der Waals surface area contributed by atoms with E-state index in [-0.39, 0.29) is 0 Å². The maximum absolute atomic E-state index is 9.08. The van der Waals surface area contributed by atoms with Crippen LogP contribution in [-0.4, -0.2) is 0 Å². The van der Waals surface area contributed by atoms with Gasteiger partial charge in [0.1, 0.15) is 0 Å². The fourth-order valence-corrected chi connectivity index (χ4v) is 2.51. The molecule has 0 bridgehead atoms. The van der Waals surface area contributed by atoms with Gasteiger partial charge in [0.15, 0.2) is 0 Å². The molecule has 0 aliphatic heterocycles. The van der Waals surface area contributed by atoms with E-state index in [1.54, 1.807) is 0 Å². The molecule has 20 heavy (non-hydrogen) atoms. The van der Waals surface area contributed by atoms with Gasteiger partial charge in [0.25, 0.3) is 0 Å². The lowest BCUT2D eigenvalue weighted by Crippen LogP contribution is -1.92. The van der Waals surface area contributed by atoms with Gasteiger partial charge in [-0.25, -0.2) is 0 Å².